The predicted molar refractivity (Wildman–Crippen MR) is 172 cm³/mol. The number of thioether (sulfide) groups is 1. The van der Waals surface area contributed by atoms with E-state index >= 15 is 0 Å². The summed E-state index contributed by atoms with van der Waals surface area (Å²) in [5, 5.41) is 16.0. The number of para-hydroxylation sites is 2. The number of rotatable bonds is 12. The summed E-state index contributed by atoms with van der Waals surface area (Å²) in [6.07, 6.45) is 2.42. The van der Waals surface area contributed by atoms with Gasteiger partial charge in [0.1, 0.15) is 0 Å². The number of aliphatic hydroxyl groups excluding tert-OH is 1. The smallest absolute Gasteiger partial charge is 0.224 e. The Kier molecular flexibility index (Phi) is 11.0. The van der Waals surface area contributed by atoms with Crippen LogP contribution in [0.2, 0.25) is 0 Å². The number of benzene rings is 3. The van der Waals surface area contributed by atoms with Crippen molar-refractivity contribution < 1.29 is 24.2 Å². The van der Waals surface area contributed by atoms with Gasteiger partial charge in [0.25, 0.3) is 0 Å². The largest absolute Gasteiger partial charge is 0.397 e. The summed E-state index contributed by atoms with van der Waals surface area (Å²) in [6.45, 7) is -0.0110. The lowest BCUT2D eigenvalue weighted by Gasteiger charge is -2.36. The Bertz CT molecular complexity index is 1520. The lowest BCUT2D eigenvalue weighted by molar-refractivity contribution is -0.245. The van der Waals surface area contributed by atoms with Crippen LogP contribution in [0, 0.1) is 0 Å². The van der Waals surface area contributed by atoms with Crippen molar-refractivity contribution in [2.24, 2.45) is 0 Å². The summed E-state index contributed by atoms with van der Waals surface area (Å²) >= 11 is 1.64. The maximum Gasteiger partial charge on any atom is 0.224 e. The zero-order chi connectivity index (χ0) is 30.7. The lowest BCUT2D eigenvalue weighted by Crippen LogP contribution is -2.31. The second kappa shape index (κ2) is 15.5. The third-order valence-corrected chi connectivity index (χ3v) is 8.25. The number of anilines is 3. The molecule has 2 amide bonds. The minimum atomic E-state index is -0.595. The van der Waals surface area contributed by atoms with Gasteiger partial charge >= 0.3 is 0 Å². The van der Waals surface area contributed by atoms with Crippen molar-refractivity contribution in [3.05, 3.63) is 114 Å². The number of hydrogen-bond acceptors (Lipinski definition) is 8. The summed E-state index contributed by atoms with van der Waals surface area (Å²) in [7, 11) is 0. The van der Waals surface area contributed by atoms with Gasteiger partial charge in [0.05, 0.1) is 35.2 Å². The highest BCUT2D eigenvalue weighted by atomic mass is 32.2. The van der Waals surface area contributed by atoms with Crippen LogP contribution in [0.1, 0.15) is 54.8 Å². The molecule has 0 bridgehead atoms. The van der Waals surface area contributed by atoms with Crippen LogP contribution in [0.15, 0.2) is 102 Å². The Morgan fingerprint density at radius 2 is 1.57 bits per heavy atom. The number of nitrogens with two attached hydrogens (primary N) is 1. The van der Waals surface area contributed by atoms with Crippen LogP contribution in [0.3, 0.4) is 0 Å². The van der Waals surface area contributed by atoms with Crippen LogP contribution in [0.5, 0.6) is 0 Å². The first-order chi connectivity index (χ1) is 21.5. The van der Waals surface area contributed by atoms with E-state index in [4.69, 9.17) is 15.2 Å². The molecule has 228 valence electrons. The van der Waals surface area contributed by atoms with Crippen molar-refractivity contribution in [3.63, 3.8) is 0 Å². The second-order valence-corrected chi connectivity index (χ2v) is 11.5. The molecule has 9 nitrogen and oxygen atoms in total. The van der Waals surface area contributed by atoms with Crippen LogP contribution in [0.25, 0.3) is 0 Å². The van der Waals surface area contributed by atoms with E-state index in [1.165, 1.54) is 0 Å². The van der Waals surface area contributed by atoms with Gasteiger partial charge in [-0.1, -0.05) is 54.6 Å². The fourth-order valence-electron chi connectivity index (χ4n) is 4.81. The fraction of sp³-hybridized carbons (Fsp3) is 0.265. The van der Waals surface area contributed by atoms with E-state index in [1.54, 1.807) is 42.2 Å². The normalized spacial score (nSPS) is 18.0. The van der Waals surface area contributed by atoms with E-state index in [-0.39, 0.29) is 43.5 Å². The molecule has 10 heteroatoms. The van der Waals surface area contributed by atoms with E-state index in [9.17, 15) is 14.7 Å². The molecule has 3 atom stereocenters. The maximum atomic E-state index is 12.5. The Balaban J connectivity index is 1.16. The van der Waals surface area contributed by atoms with Crippen molar-refractivity contribution in [2.75, 3.05) is 22.1 Å². The monoisotopic (exact) mass is 612 g/mol. The molecule has 5 rings (SSSR count). The summed E-state index contributed by atoms with van der Waals surface area (Å²) < 4.78 is 12.8. The predicted octanol–water partition coefficient (Wildman–Crippen LogP) is 6.24. The highest BCUT2D eigenvalue weighted by molar-refractivity contribution is 7.99. The number of aromatic nitrogens is 1. The summed E-state index contributed by atoms with van der Waals surface area (Å²) in [5.41, 5.74) is 10.3. The Morgan fingerprint density at radius 3 is 2.27 bits per heavy atom. The number of carbonyl (C=O) groups is 2. The minimum absolute atomic E-state index is 0.0110. The summed E-state index contributed by atoms with van der Waals surface area (Å²) in [4.78, 5) is 29.2. The first-order valence-corrected chi connectivity index (χ1v) is 15.5. The Hall–Kier alpha value is -4.22. The number of nitrogens with zero attached hydrogens (tertiary/aromatic N) is 1. The molecule has 1 saturated heterocycles. The van der Waals surface area contributed by atoms with Crippen molar-refractivity contribution >= 4 is 40.6 Å². The molecule has 1 aliphatic heterocycles. The quantitative estimate of drug-likeness (QED) is 0.109. The standard InChI is InChI=1S/C34H36N4O5S/c35-28-6-1-2-7-29(28)38-32(41)9-5-8-31(40)37-26-17-15-25(16-18-26)34-42-27(22-44-33-10-3-4-19-36-33)20-30(43-34)24-13-11-23(21-39)12-14-24/h1-4,6-7,10-19,27,30,34,39H,5,8-9,20-22,35H2,(H,37,40)(H,38,41)/t27-,30+,34+/m1/s1. The van der Waals surface area contributed by atoms with Crippen LogP contribution in [-0.2, 0) is 25.7 Å². The van der Waals surface area contributed by atoms with Crippen molar-refractivity contribution in [2.45, 2.75) is 55.8 Å². The first-order valence-electron chi connectivity index (χ1n) is 14.6. The van der Waals surface area contributed by atoms with Gasteiger partial charge < -0.3 is 30.9 Å². The highest BCUT2D eigenvalue weighted by Crippen LogP contribution is 2.39. The molecule has 1 aliphatic rings. The molecule has 2 heterocycles. The number of ether oxygens (including phenoxy) is 2. The molecule has 0 unspecified atom stereocenters. The van der Waals surface area contributed by atoms with Gasteiger partial charge in [-0.15, -0.1) is 11.8 Å². The Morgan fingerprint density at radius 1 is 0.864 bits per heavy atom. The van der Waals surface area contributed by atoms with Gasteiger partial charge in [-0.25, -0.2) is 4.98 Å². The van der Waals surface area contributed by atoms with Crippen molar-refractivity contribution in [3.8, 4) is 0 Å². The zero-order valence-electron chi connectivity index (χ0n) is 24.2. The topological polar surface area (TPSA) is 136 Å². The van der Waals surface area contributed by atoms with Gasteiger partial charge in [0.2, 0.25) is 11.8 Å². The number of nitrogens with one attached hydrogen (secondary N) is 2. The molecule has 3 aromatic carbocycles. The van der Waals surface area contributed by atoms with Crippen LogP contribution >= 0.6 is 11.8 Å². The van der Waals surface area contributed by atoms with Gasteiger partial charge in [-0.2, -0.15) is 0 Å². The molecule has 0 spiro atoms. The van der Waals surface area contributed by atoms with E-state index in [0.29, 0.717) is 35.7 Å². The number of amides is 2. The average Bonchev–Trinajstić information content (AvgIpc) is 3.05. The van der Waals surface area contributed by atoms with Crippen LogP contribution in [0.4, 0.5) is 17.1 Å². The molecule has 1 aromatic heterocycles. The van der Waals surface area contributed by atoms with Crippen LogP contribution < -0.4 is 16.4 Å². The molecule has 1 fully saturated rings. The molecule has 4 aromatic rings. The number of nitrogen functional groups attached to an aromatic ring is 1. The highest BCUT2D eigenvalue weighted by Gasteiger charge is 2.32. The number of pyridine rings is 1. The lowest BCUT2D eigenvalue weighted by atomic mass is 10.0. The molecular weight excluding hydrogens is 576 g/mol. The van der Waals surface area contributed by atoms with Gasteiger partial charge in [0, 0.05) is 42.5 Å². The molecule has 0 aliphatic carbocycles. The fourth-order valence-corrected chi connectivity index (χ4v) is 5.70. The Labute approximate surface area is 261 Å². The maximum absolute atomic E-state index is 12.5. The van der Waals surface area contributed by atoms with Crippen molar-refractivity contribution in [1.82, 2.24) is 4.98 Å². The number of aliphatic hydroxyl groups is 1. The van der Waals surface area contributed by atoms with Gasteiger partial charge in [-0.05, 0) is 53.9 Å². The van der Waals surface area contributed by atoms with E-state index in [2.05, 4.69) is 15.6 Å². The summed E-state index contributed by atoms with van der Waals surface area (Å²) in [6, 6.07) is 28.1. The van der Waals surface area contributed by atoms with Gasteiger partial charge in [-0.3, -0.25) is 9.59 Å². The number of carbonyl (C=O) groups excluding carboxylic acids is 2. The molecule has 44 heavy (non-hydrogen) atoms. The molecular formula is C34H36N4O5S. The second-order valence-electron chi connectivity index (χ2n) is 10.5. The van der Waals surface area contributed by atoms with Crippen LogP contribution in [-0.4, -0.2) is 33.8 Å². The molecule has 0 radical (unpaired) electrons. The van der Waals surface area contributed by atoms with E-state index in [0.717, 1.165) is 21.7 Å². The number of hydrogen-bond donors (Lipinski definition) is 4. The molecule has 0 saturated carbocycles. The first kappa shape index (κ1) is 31.2. The molecule has 5 N–H and O–H groups in total. The zero-order valence-corrected chi connectivity index (χ0v) is 25.0. The van der Waals surface area contributed by atoms with Gasteiger partial charge in [0.15, 0.2) is 6.29 Å². The van der Waals surface area contributed by atoms with Crippen molar-refractivity contribution in [1.29, 1.82) is 0 Å². The van der Waals surface area contributed by atoms with E-state index in [1.807, 2.05) is 66.7 Å². The third-order valence-electron chi connectivity index (χ3n) is 7.18. The van der Waals surface area contributed by atoms with E-state index < -0.39 is 6.29 Å². The summed E-state index contributed by atoms with van der Waals surface area (Å²) in [5.74, 6) is 0.354. The third kappa shape index (κ3) is 8.90. The SMILES string of the molecule is Nc1ccccc1NC(=O)CCCC(=O)Nc1ccc([C@H]2O[C@@H](CSc3ccccn3)C[C@@H](c3ccc(CO)cc3)O2)cc1. The average molecular weight is 613 g/mol. The minimum Gasteiger partial charge on any atom is -0.397 e.